The zero-order chi connectivity index (χ0) is 21.0. The topological polar surface area (TPSA) is 66.9 Å². The summed E-state index contributed by atoms with van der Waals surface area (Å²) in [5.41, 5.74) is 1.20. The number of sulfonamides is 1. The lowest BCUT2D eigenvalue weighted by Gasteiger charge is -2.34. The van der Waals surface area contributed by atoms with Crippen LogP contribution >= 0.6 is 23.2 Å². The van der Waals surface area contributed by atoms with E-state index in [1.807, 2.05) is 0 Å². The van der Waals surface area contributed by atoms with Gasteiger partial charge in [0, 0.05) is 41.8 Å². The Morgan fingerprint density at radius 2 is 1.76 bits per heavy atom. The molecule has 1 saturated heterocycles. The molecular weight excluding hydrogens is 435 g/mol. The average molecular weight is 457 g/mol. The fourth-order valence-corrected chi connectivity index (χ4v) is 4.63. The molecule has 9 heteroatoms. The van der Waals surface area contributed by atoms with Crippen molar-refractivity contribution < 1.29 is 17.9 Å². The minimum atomic E-state index is -3.24. The van der Waals surface area contributed by atoms with Crippen molar-refractivity contribution in [1.29, 1.82) is 0 Å². The minimum Gasteiger partial charge on any atom is -0.488 e. The van der Waals surface area contributed by atoms with Crippen LogP contribution in [0.25, 0.3) is 0 Å². The molecule has 1 aliphatic rings. The molecule has 0 radical (unpaired) electrons. The molecule has 0 unspecified atom stereocenters. The molecule has 0 saturated carbocycles. The molecule has 0 N–H and O–H groups in total. The van der Waals surface area contributed by atoms with Crippen LogP contribution < -0.4 is 4.74 Å². The Kier molecular flexibility index (Phi) is 7.05. The van der Waals surface area contributed by atoms with Crippen molar-refractivity contribution >= 4 is 39.1 Å². The van der Waals surface area contributed by atoms with Crippen LogP contribution in [0.1, 0.15) is 22.8 Å². The first-order valence-corrected chi connectivity index (χ1v) is 11.6. The van der Waals surface area contributed by atoms with Crippen molar-refractivity contribution in [3.8, 4) is 5.75 Å². The Labute approximate surface area is 181 Å². The van der Waals surface area contributed by atoms with Gasteiger partial charge in [0.05, 0.1) is 11.3 Å². The maximum absolute atomic E-state index is 13.0. The Morgan fingerprint density at radius 1 is 1.07 bits per heavy atom. The number of piperazine rings is 1. The van der Waals surface area contributed by atoms with Gasteiger partial charge in [-0.3, -0.25) is 4.79 Å². The van der Waals surface area contributed by atoms with Gasteiger partial charge in [-0.25, -0.2) is 8.42 Å². The van der Waals surface area contributed by atoms with E-state index in [-0.39, 0.29) is 18.3 Å². The van der Waals surface area contributed by atoms with Gasteiger partial charge in [-0.15, -0.1) is 0 Å². The van der Waals surface area contributed by atoms with Crippen molar-refractivity contribution in [2.75, 3.05) is 31.9 Å². The van der Waals surface area contributed by atoms with Gasteiger partial charge in [0.2, 0.25) is 10.0 Å². The van der Waals surface area contributed by atoms with E-state index >= 15 is 0 Å². The first-order chi connectivity index (χ1) is 13.8. The first kappa shape index (κ1) is 21.9. The molecule has 0 atom stereocenters. The number of para-hydroxylation sites is 1. The zero-order valence-electron chi connectivity index (χ0n) is 16.0. The minimum absolute atomic E-state index is 0.0604. The summed E-state index contributed by atoms with van der Waals surface area (Å²) in [7, 11) is -3.24. The third-order valence-electron chi connectivity index (χ3n) is 4.80. The monoisotopic (exact) mass is 456 g/mol. The first-order valence-electron chi connectivity index (χ1n) is 9.24. The van der Waals surface area contributed by atoms with Crippen LogP contribution in [0.3, 0.4) is 0 Å². The van der Waals surface area contributed by atoms with Gasteiger partial charge >= 0.3 is 0 Å². The smallest absolute Gasteiger partial charge is 0.257 e. The number of ether oxygens (including phenoxy) is 1. The summed E-state index contributed by atoms with van der Waals surface area (Å²) in [6, 6.07) is 12.2. The van der Waals surface area contributed by atoms with E-state index in [4.69, 9.17) is 27.9 Å². The third-order valence-corrected chi connectivity index (χ3v) is 7.27. The van der Waals surface area contributed by atoms with Crippen molar-refractivity contribution in [3.63, 3.8) is 0 Å². The lowest BCUT2D eigenvalue weighted by Crippen LogP contribution is -2.50. The van der Waals surface area contributed by atoms with Crippen LogP contribution in [0.4, 0.5) is 0 Å². The van der Waals surface area contributed by atoms with E-state index in [0.717, 1.165) is 5.56 Å². The molecule has 156 valence electrons. The molecule has 0 aromatic heterocycles. The Hall–Kier alpha value is -1.80. The van der Waals surface area contributed by atoms with Crippen LogP contribution in [-0.4, -0.2) is 55.5 Å². The summed E-state index contributed by atoms with van der Waals surface area (Å²) in [6.45, 7) is 3.09. The number of nitrogens with zero attached hydrogens (tertiary/aromatic N) is 2. The quantitative estimate of drug-likeness (QED) is 0.664. The van der Waals surface area contributed by atoms with Crippen LogP contribution in [-0.2, 0) is 16.6 Å². The standard InChI is InChI=1S/C20H22Cl2N2O4S/c1-2-29(26,27)24-11-9-23(10-12-24)20(25)17-5-3-4-6-19(17)28-14-15-7-8-16(21)13-18(15)22/h3-8,13H,2,9-12,14H2,1H3. The summed E-state index contributed by atoms with van der Waals surface area (Å²) in [5.74, 6) is 0.328. The van der Waals surface area contributed by atoms with Crippen molar-refractivity contribution in [3.05, 3.63) is 63.6 Å². The molecule has 1 heterocycles. The third kappa shape index (κ3) is 5.22. The van der Waals surface area contributed by atoms with E-state index < -0.39 is 10.0 Å². The predicted molar refractivity (Wildman–Crippen MR) is 114 cm³/mol. The highest BCUT2D eigenvalue weighted by Gasteiger charge is 2.29. The number of hydrogen-bond donors (Lipinski definition) is 0. The van der Waals surface area contributed by atoms with E-state index in [9.17, 15) is 13.2 Å². The molecule has 29 heavy (non-hydrogen) atoms. The molecule has 0 bridgehead atoms. The maximum atomic E-state index is 13.0. The number of carbonyl (C=O) groups is 1. The maximum Gasteiger partial charge on any atom is 0.257 e. The molecule has 1 aliphatic heterocycles. The van der Waals surface area contributed by atoms with Crippen molar-refractivity contribution in [2.24, 2.45) is 0 Å². The summed E-state index contributed by atoms with van der Waals surface area (Å²) in [5, 5.41) is 1.04. The molecule has 1 fully saturated rings. The van der Waals surface area contributed by atoms with Crippen LogP contribution in [0.2, 0.25) is 10.0 Å². The molecule has 3 rings (SSSR count). The number of hydrogen-bond acceptors (Lipinski definition) is 4. The predicted octanol–water partition coefficient (Wildman–Crippen LogP) is 3.68. The summed E-state index contributed by atoms with van der Waals surface area (Å²) < 4.78 is 31.3. The number of rotatable bonds is 6. The zero-order valence-corrected chi connectivity index (χ0v) is 18.3. The Bertz CT molecular complexity index is 990. The molecule has 1 amide bonds. The van der Waals surface area contributed by atoms with E-state index in [0.29, 0.717) is 47.5 Å². The Morgan fingerprint density at radius 3 is 2.41 bits per heavy atom. The highest BCUT2D eigenvalue weighted by Crippen LogP contribution is 2.25. The molecular formula is C20H22Cl2N2O4S. The van der Waals surface area contributed by atoms with E-state index in [1.165, 1.54) is 4.31 Å². The second-order valence-corrected chi connectivity index (χ2v) is 9.71. The summed E-state index contributed by atoms with van der Waals surface area (Å²) >= 11 is 12.1. The van der Waals surface area contributed by atoms with E-state index in [2.05, 4.69) is 0 Å². The van der Waals surface area contributed by atoms with Crippen LogP contribution in [0.5, 0.6) is 5.75 Å². The van der Waals surface area contributed by atoms with Crippen LogP contribution in [0, 0.1) is 0 Å². The molecule has 2 aromatic rings. The van der Waals surface area contributed by atoms with Gasteiger partial charge in [0.25, 0.3) is 5.91 Å². The lowest BCUT2D eigenvalue weighted by molar-refractivity contribution is 0.0693. The number of carbonyl (C=O) groups excluding carboxylic acids is 1. The van der Waals surface area contributed by atoms with E-state index in [1.54, 1.807) is 54.3 Å². The van der Waals surface area contributed by atoms with Gasteiger partial charge in [0.15, 0.2) is 0 Å². The number of amides is 1. The van der Waals surface area contributed by atoms with Gasteiger partial charge in [0.1, 0.15) is 12.4 Å². The van der Waals surface area contributed by atoms with Crippen molar-refractivity contribution in [2.45, 2.75) is 13.5 Å². The molecule has 6 nitrogen and oxygen atoms in total. The largest absolute Gasteiger partial charge is 0.488 e. The van der Waals surface area contributed by atoms with Gasteiger partial charge in [-0.2, -0.15) is 4.31 Å². The Balaban J connectivity index is 1.69. The lowest BCUT2D eigenvalue weighted by atomic mass is 10.1. The molecule has 0 aliphatic carbocycles. The van der Waals surface area contributed by atoms with Crippen LogP contribution in [0.15, 0.2) is 42.5 Å². The molecule has 2 aromatic carbocycles. The van der Waals surface area contributed by atoms with Gasteiger partial charge in [-0.05, 0) is 31.2 Å². The summed E-state index contributed by atoms with van der Waals surface area (Å²) in [6.07, 6.45) is 0. The van der Waals surface area contributed by atoms with Gasteiger partial charge in [-0.1, -0.05) is 41.4 Å². The second-order valence-electron chi connectivity index (χ2n) is 6.61. The fraction of sp³-hybridized carbons (Fsp3) is 0.350. The highest BCUT2D eigenvalue weighted by atomic mass is 35.5. The average Bonchev–Trinajstić information content (AvgIpc) is 2.73. The van der Waals surface area contributed by atoms with Gasteiger partial charge < -0.3 is 9.64 Å². The SMILES string of the molecule is CCS(=O)(=O)N1CCN(C(=O)c2ccccc2OCc2ccc(Cl)cc2Cl)CC1. The number of halogens is 2. The van der Waals surface area contributed by atoms with Crippen molar-refractivity contribution in [1.82, 2.24) is 9.21 Å². The highest BCUT2D eigenvalue weighted by molar-refractivity contribution is 7.89. The number of benzene rings is 2. The normalized spacial score (nSPS) is 15.3. The fourth-order valence-electron chi connectivity index (χ4n) is 3.09. The second kappa shape index (κ2) is 9.34. The summed E-state index contributed by atoms with van der Waals surface area (Å²) in [4.78, 5) is 14.7. The molecule has 0 spiro atoms.